The molecule has 8 bridgehead atoms. The van der Waals surface area contributed by atoms with Gasteiger partial charge in [0.15, 0.2) is 0 Å². The quantitative estimate of drug-likeness (QED) is 0.0968. The fourth-order valence-corrected chi connectivity index (χ4v) is 8.05. The number of fused-ring (bicyclic) bond motifs is 8. The smallest absolute Gasteiger partial charge is 0.114 e. The van der Waals surface area contributed by atoms with Crippen molar-refractivity contribution in [2.75, 3.05) is 11.1 Å². The number of rotatable bonds is 7. The minimum absolute atomic E-state index is 0.636. The first-order valence-electron chi connectivity index (χ1n) is 19.1. The highest BCUT2D eigenvalue weighted by atomic mass is 15.0. The van der Waals surface area contributed by atoms with Crippen molar-refractivity contribution in [3.63, 3.8) is 0 Å². The van der Waals surface area contributed by atoms with Gasteiger partial charge in [-0.1, -0.05) is 115 Å². The van der Waals surface area contributed by atoms with E-state index in [0.717, 1.165) is 95.2 Å². The Balaban J connectivity index is 1.12. The predicted octanol–water partition coefficient (Wildman–Crippen LogP) is 12.0. The first kappa shape index (κ1) is 33.8. The van der Waals surface area contributed by atoms with Gasteiger partial charge in [0.1, 0.15) is 5.54 Å². The van der Waals surface area contributed by atoms with Crippen molar-refractivity contribution in [1.82, 2.24) is 19.9 Å². The van der Waals surface area contributed by atoms with E-state index in [4.69, 9.17) is 15.7 Å². The van der Waals surface area contributed by atoms with Crippen LogP contribution >= 0.6 is 0 Å². The van der Waals surface area contributed by atoms with Gasteiger partial charge in [0.25, 0.3) is 0 Å². The van der Waals surface area contributed by atoms with Crippen molar-refractivity contribution in [2.24, 2.45) is 0 Å². The fourth-order valence-electron chi connectivity index (χ4n) is 8.05. The van der Waals surface area contributed by atoms with Gasteiger partial charge in [-0.05, 0) is 113 Å². The van der Waals surface area contributed by atoms with Crippen LogP contribution in [0, 0.1) is 0 Å². The summed E-state index contributed by atoms with van der Waals surface area (Å²) in [7, 11) is 0. The monoisotopic (exact) mass is 734 g/mol. The molecular formula is C51H38N6. The zero-order valence-electron chi connectivity index (χ0n) is 31.0. The van der Waals surface area contributed by atoms with E-state index in [1.807, 2.05) is 24.3 Å². The Morgan fingerprint density at radius 2 is 0.860 bits per heavy atom. The molecule has 2 aliphatic rings. The second kappa shape index (κ2) is 14.2. The van der Waals surface area contributed by atoms with Gasteiger partial charge in [0.2, 0.25) is 0 Å². The molecule has 0 spiro atoms. The van der Waals surface area contributed by atoms with Crippen LogP contribution in [0.15, 0.2) is 176 Å². The lowest BCUT2D eigenvalue weighted by molar-refractivity contribution is 0.712. The summed E-state index contributed by atoms with van der Waals surface area (Å²) in [6.45, 7) is 0. The highest BCUT2D eigenvalue weighted by molar-refractivity contribution is 5.93. The van der Waals surface area contributed by atoms with Crippen LogP contribution in [-0.4, -0.2) is 19.9 Å². The third-order valence-electron chi connectivity index (χ3n) is 10.7. The van der Waals surface area contributed by atoms with Crippen molar-refractivity contribution >= 4 is 57.7 Å². The number of nitrogens with one attached hydrogen (secondary N) is 3. The lowest BCUT2D eigenvalue weighted by Crippen LogP contribution is -2.38. The number of aromatic nitrogens is 4. The van der Waals surface area contributed by atoms with E-state index in [1.165, 1.54) is 0 Å². The molecule has 3 aromatic heterocycles. The van der Waals surface area contributed by atoms with Crippen molar-refractivity contribution < 1.29 is 0 Å². The lowest BCUT2D eigenvalue weighted by Gasteiger charge is -2.38. The molecule has 0 saturated heterocycles. The molecule has 5 N–H and O–H groups in total. The molecule has 2 aliphatic heterocycles. The van der Waals surface area contributed by atoms with Crippen LogP contribution in [0.4, 0.5) is 11.4 Å². The van der Waals surface area contributed by atoms with Gasteiger partial charge in [-0.2, -0.15) is 0 Å². The van der Waals surface area contributed by atoms with Gasteiger partial charge in [0.05, 0.1) is 22.8 Å². The summed E-state index contributed by atoms with van der Waals surface area (Å²) in [6.07, 6.45) is 8.30. The number of benzene rings is 5. The maximum Gasteiger partial charge on any atom is 0.114 e. The van der Waals surface area contributed by atoms with Crippen LogP contribution in [-0.2, 0) is 5.54 Å². The maximum absolute atomic E-state index is 6.06. The minimum Gasteiger partial charge on any atom is -0.399 e. The molecule has 6 nitrogen and oxygen atoms in total. The summed E-state index contributed by atoms with van der Waals surface area (Å²) < 4.78 is 0. The van der Waals surface area contributed by atoms with Gasteiger partial charge < -0.3 is 21.0 Å². The van der Waals surface area contributed by atoms with Gasteiger partial charge in [0, 0.05) is 44.6 Å². The topological polar surface area (TPSA) is 95.4 Å². The molecule has 5 heterocycles. The number of H-pyrrole nitrogens is 2. The fraction of sp³-hybridized carbons (Fsp3) is 0.0196. The van der Waals surface area contributed by atoms with Crippen molar-refractivity contribution in [3.05, 3.63) is 215 Å². The molecule has 0 saturated carbocycles. The average Bonchev–Trinajstić information content (AvgIpc) is 4.10. The van der Waals surface area contributed by atoms with Crippen LogP contribution in [0.1, 0.15) is 39.5 Å². The van der Waals surface area contributed by atoms with E-state index < -0.39 is 5.54 Å². The number of hydrogen-bond donors (Lipinski definition) is 4. The number of nitrogen functional groups attached to an aromatic ring is 1. The average molecular weight is 735 g/mol. The summed E-state index contributed by atoms with van der Waals surface area (Å²) in [5.41, 5.74) is 22.0. The van der Waals surface area contributed by atoms with Crippen LogP contribution in [0.5, 0.6) is 0 Å². The minimum atomic E-state index is -0.636. The van der Waals surface area contributed by atoms with Crippen molar-refractivity contribution in [1.29, 1.82) is 0 Å². The number of aromatic amines is 2. The molecule has 5 aromatic carbocycles. The third-order valence-corrected chi connectivity index (χ3v) is 10.7. The lowest BCUT2D eigenvalue weighted by atomic mass is 9.76. The molecule has 0 unspecified atom stereocenters. The van der Waals surface area contributed by atoms with E-state index in [-0.39, 0.29) is 0 Å². The highest BCUT2D eigenvalue weighted by Crippen LogP contribution is 2.41. The zero-order valence-corrected chi connectivity index (χ0v) is 31.0. The molecule has 0 radical (unpaired) electrons. The molecular weight excluding hydrogens is 697 g/mol. The van der Waals surface area contributed by atoms with Gasteiger partial charge >= 0.3 is 0 Å². The second-order valence-corrected chi connectivity index (χ2v) is 14.4. The summed E-state index contributed by atoms with van der Waals surface area (Å²) in [5.74, 6) is 0. The Hall–Kier alpha value is -7.70. The van der Waals surface area contributed by atoms with E-state index in [2.05, 4.69) is 191 Å². The van der Waals surface area contributed by atoms with Crippen LogP contribution in [0.2, 0.25) is 0 Å². The first-order chi connectivity index (χ1) is 28.1. The van der Waals surface area contributed by atoms with Crippen LogP contribution in [0.3, 0.4) is 0 Å². The van der Waals surface area contributed by atoms with E-state index in [0.29, 0.717) is 0 Å². The summed E-state index contributed by atoms with van der Waals surface area (Å²) in [5, 5.41) is 4.01. The summed E-state index contributed by atoms with van der Waals surface area (Å²) in [6, 6.07) is 61.2. The van der Waals surface area contributed by atoms with Gasteiger partial charge in [-0.25, -0.2) is 9.97 Å². The van der Waals surface area contributed by atoms with E-state index in [9.17, 15) is 0 Å². The van der Waals surface area contributed by atoms with Crippen molar-refractivity contribution in [2.45, 2.75) is 5.54 Å². The summed E-state index contributed by atoms with van der Waals surface area (Å²) >= 11 is 0. The van der Waals surface area contributed by atoms with Crippen molar-refractivity contribution in [3.8, 4) is 22.3 Å². The molecule has 10 rings (SSSR count). The van der Waals surface area contributed by atoms with Gasteiger partial charge in [-0.3, -0.25) is 0 Å². The Morgan fingerprint density at radius 3 is 1.30 bits per heavy atom. The standard InChI is InChI=1S/C51H38N6/c52-39-20-16-34(17-21-39)49-45-28-24-41(53-45)32-43-26-30-47(55-43)50(48-31-27-44(56-48)33-42-25-29-46(49)54-42)35-18-22-40(23-19-35)57-51(36-10-4-1-5-11-36,37-12-6-2-7-13-37)38-14-8-3-9-15-38/h1-33,53,56-57H,52H2. The zero-order chi connectivity index (χ0) is 38.2. The molecule has 0 aliphatic carbocycles. The Labute approximate surface area is 330 Å². The molecule has 8 aromatic rings. The molecule has 272 valence electrons. The second-order valence-electron chi connectivity index (χ2n) is 14.4. The molecule has 6 heteroatoms. The molecule has 0 fully saturated rings. The summed E-state index contributed by atoms with van der Waals surface area (Å²) in [4.78, 5) is 17.6. The van der Waals surface area contributed by atoms with E-state index in [1.54, 1.807) is 0 Å². The number of hydrogen-bond acceptors (Lipinski definition) is 4. The number of nitrogens with two attached hydrogens (primary N) is 1. The Bertz CT molecular complexity index is 2860. The molecule has 0 amide bonds. The first-order valence-corrected chi connectivity index (χ1v) is 19.1. The largest absolute Gasteiger partial charge is 0.399 e. The maximum atomic E-state index is 6.06. The molecule has 0 atom stereocenters. The Kier molecular flexibility index (Phi) is 8.42. The predicted molar refractivity (Wildman–Crippen MR) is 237 cm³/mol. The number of anilines is 2. The Morgan fingerprint density at radius 1 is 0.439 bits per heavy atom. The SMILES string of the molecule is Nc1ccc(-c2c3nc(cc4ccc([nH]4)c(-c4ccc(NC(c5ccccc5)(c5ccccc5)c5ccccc5)cc4)c4nc(cc5ccc2[nH]5)C=C4)C=C3)cc1. The van der Waals surface area contributed by atoms with Crippen LogP contribution in [0.25, 0.3) is 68.6 Å². The third kappa shape index (κ3) is 6.39. The van der Waals surface area contributed by atoms with Crippen LogP contribution < -0.4 is 11.1 Å². The van der Waals surface area contributed by atoms with Gasteiger partial charge in [-0.15, -0.1) is 0 Å². The number of nitrogens with zero attached hydrogens (tertiary/aromatic N) is 2. The normalized spacial score (nSPS) is 12.1. The van der Waals surface area contributed by atoms with E-state index >= 15 is 0 Å². The highest BCUT2D eigenvalue weighted by Gasteiger charge is 2.36. The molecule has 57 heavy (non-hydrogen) atoms.